The van der Waals surface area contributed by atoms with Gasteiger partial charge in [-0.25, -0.2) is 8.42 Å². The van der Waals surface area contributed by atoms with Gasteiger partial charge in [0.15, 0.2) is 0 Å². The number of amides is 2. The van der Waals surface area contributed by atoms with E-state index in [0.29, 0.717) is 45.2 Å². The Balaban J connectivity index is 1.45. The number of hydrogen-bond acceptors (Lipinski definition) is 7. The maximum Gasteiger partial charge on any atom is 0.242 e. The number of carbonyl (C=O) groups is 2. The number of ether oxygens (including phenoxy) is 2. The fourth-order valence-electron chi connectivity index (χ4n) is 4.26. The second-order valence-corrected chi connectivity index (χ2v) is 10.9. The highest BCUT2D eigenvalue weighted by Crippen LogP contribution is 2.20. The summed E-state index contributed by atoms with van der Waals surface area (Å²) in [6.45, 7) is 6.71. The third-order valence-corrected chi connectivity index (χ3v) is 7.95. The molecule has 37 heavy (non-hydrogen) atoms. The predicted octanol–water partition coefficient (Wildman–Crippen LogP) is 1.76. The number of aryl methyl sites for hydroxylation is 1. The first-order valence-corrected chi connectivity index (χ1v) is 14.0. The zero-order valence-corrected chi connectivity index (χ0v) is 21.8. The van der Waals surface area contributed by atoms with Gasteiger partial charge in [-0.2, -0.15) is 4.72 Å². The Bertz CT molecular complexity index is 1160. The summed E-state index contributed by atoms with van der Waals surface area (Å²) in [5.41, 5.74) is 2.49. The van der Waals surface area contributed by atoms with E-state index in [9.17, 15) is 18.0 Å². The molecular formula is C26H34N4O6S. The zero-order valence-electron chi connectivity index (χ0n) is 21.0. The minimum atomic E-state index is -3.98. The number of benzene rings is 2. The SMILES string of the molecule is Cc1ccc(S(=O)(=O)NC(CCC(=O)N2CCOCC2)C(=O)Nc2ccc(N3CCOCC3)cc2)cc1. The van der Waals surface area contributed by atoms with Gasteiger partial charge < -0.3 is 24.6 Å². The molecule has 2 amide bonds. The highest BCUT2D eigenvalue weighted by molar-refractivity contribution is 7.89. The van der Waals surface area contributed by atoms with Gasteiger partial charge in [-0.3, -0.25) is 9.59 Å². The number of carbonyl (C=O) groups excluding carboxylic acids is 2. The van der Waals surface area contributed by atoms with Crippen LogP contribution in [0.5, 0.6) is 0 Å². The van der Waals surface area contributed by atoms with Crippen LogP contribution in [0.15, 0.2) is 53.4 Å². The van der Waals surface area contributed by atoms with E-state index in [1.807, 2.05) is 19.1 Å². The minimum Gasteiger partial charge on any atom is -0.378 e. The largest absolute Gasteiger partial charge is 0.378 e. The summed E-state index contributed by atoms with van der Waals surface area (Å²) in [6, 6.07) is 12.6. The van der Waals surface area contributed by atoms with Crippen LogP contribution in [0.1, 0.15) is 18.4 Å². The molecule has 11 heteroatoms. The van der Waals surface area contributed by atoms with Crippen molar-refractivity contribution in [3.8, 4) is 0 Å². The lowest BCUT2D eigenvalue weighted by molar-refractivity contribution is -0.135. The van der Waals surface area contributed by atoms with Gasteiger partial charge in [0, 0.05) is 44.0 Å². The van der Waals surface area contributed by atoms with Crippen LogP contribution in [-0.2, 0) is 29.1 Å². The smallest absolute Gasteiger partial charge is 0.242 e. The minimum absolute atomic E-state index is 0.0268. The van der Waals surface area contributed by atoms with Gasteiger partial charge in [-0.05, 0) is 49.7 Å². The molecule has 2 fully saturated rings. The lowest BCUT2D eigenvalue weighted by Crippen LogP contribution is -2.45. The lowest BCUT2D eigenvalue weighted by Gasteiger charge is -2.29. The van der Waals surface area contributed by atoms with Crippen LogP contribution in [0.4, 0.5) is 11.4 Å². The molecule has 2 saturated heterocycles. The fraction of sp³-hybridized carbons (Fsp3) is 0.462. The van der Waals surface area contributed by atoms with Gasteiger partial charge in [0.25, 0.3) is 0 Å². The Morgan fingerprint density at radius 3 is 2.11 bits per heavy atom. The number of rotatable bonds is 9. The Morgan fingerprint density at radius 2 is 1.49 bits per heavy atom. The van der Waals surface area contributed by atoms with Crippen LogP contribution < -0.4 is 14.9 Å². The van der Waals surface area contributed by atoms with E-state index < -0.39 is 22.0 Å². The second-order valence-electron chi connectivity index (χ2n) is 9.15. The number of morpholine rings is 2. The van der Waals surface area contributed by atoms with Gasteiger partial charge in [0.1, 0.15) is 6.04 Å². The molecule has 2 aliphatic heterocycles. The van der Waals surface area contributed by atoms with Crippen molar-refractivity contribution < 1.29 is 27.5 Å². The van der Waals surface area contributed by atoms with Crippen LogP contribution in [0.3, 0.4) is 0 Å². The molecule has 2 N–H and O–H groups in total. The summed E-state index contributed by atoms with van der Waals surface area (Å²) >= 11 is 0. The van der Waals surface area contributed by atoms with Crippen molar-refractivity contribution in [2.24, 2.45) is 0 Å². The average molecular weight is 531 g/mol. The van der Waals surface area contributed by atoms with E-state index in [2.05, 4.69) is 14.9 Å². The molecule has 0 spiro atoms. The Morgan fingerprint density at radius 1 is 0.892 bits per heavy atom. The number of hydrogen-bond donors (Lipinski definition) is 2. The zero-order chi connectivity index (χ0) is 26.3. The standard InChI is InChI=1S/C26H34N4O6S/c1-20-2-8-23(9-3-20)37(33,34)28-24(10-11-25(31)30-14-18-36-19-15-30)26(32)27-21-4-6-22(7-5-21)29-12-16-35-17-13-29/h2-9,24,28H,10-19H2,1H3,(H,27,32). The monoisotopic (exact) mass is 530 g/mol. The Labute approximate surface area is 218 Å². The van der Waals surface area contributed by atoms with Gasteiger partial charge in [-0.15, -0.1) is 0 Å². The summed E-state index contributed by atoms with van der Waals surface area (Å²) in [7, 11) is -3.98. The van der Waals surface area contributed by atoms with E-state index in [1.54, 1.807) is 29.2 Å². The lowest BCUT2D eigenvalue weighted by atomic mass is 10.1. The highest BCUT2D eigenvalue weighted by atomic mass is 32.2. The quantitative estimate of drug-likeness (QED) is 0.507. The first kappa shape index (κ1) is 27.1. The van der Waals surface area contributed by atoms with Crippen molar-refractivity contribution >= 4 is 33.2 Å². The summed E-state index contributed by atoms with van der Waals surface area (Å²) in [5, 5.41) is 2.80. The van der Waals surface area contributed by atoms with Crippen molar-refractivity contribution in [3.63, 3.8) is 0 Å². The van der Waals surface area contributed by atoms with Gasteiger partial charge in [0.05, 0.1) is 31.3 Å². The molecule has 0 bridgehead atoms. The van der Waals surface area contributed by atoms with Crippen LogP contribution in [0.2, 0.25) is 0 Å². The normalized spacial score (nSPS) is 17.3. The van der Waals surface area contributed by atoms with E-state index in [1.165, 1.54) is 12.1 Å². The molecule has 0 aromatic heterocycles. The summed E-state index contributed by atoms with van der Waals surface area (Å²) in [4.78, 5) is 29.9. The molecule has 2 aromatic carbocycles. The molecule has 0 aliphatic carbocycles. The average Bonchev–Trinajstić information content (AvgIpc) is 2.92. The molecule has 1 atom stereocenters. The van der Waals surface area contributed by atoms with Crippen molar-refractivity contribution in [1.29, 1.82) is 0 Å². The third-order valence-electron chi connectivity index (χ3n) is 6.47. The molecule has 0 radical (unpaired) electrons. The molecule has 1 unspecified atom stereocenters. The number of sulfonamides is 1. The van der Waals surface area contributed by atoms with E-state index in [-0.39, 0.29) is 23.6 Å². The van der Waals surface area contributed by atoms with E-state index in [0.717, 1.165) is 24.3 Å². The van der Waals surface area contributed by atoms with Gasteiger partial charge >= 0.3 is 0 Å². The summed E-state index contributed by atoms with van der Waals surface area (Å²) in [5.74, 6) is -0.657. The van der Waals surface area contributed by atoms with Gasteiger partial charge in [0.2, 0.25) is 21.8 Å². The first-order valence-electron chi connectivity index (χ1n) is 12.5. The third kappa shape index (κ3) is 7.51. The van der Waals surface area contributed by atoms with Gasteiger partial charge in [-0.1, -0.05) is 17.7 Å². The van der Waals surface area contributed by atoms with Crippen molar-refractivity contribution in [2.45, 2.75) is 30.7 Å². The molecule has 2 heterocycles. The maximum absolute atomic E-state index is 13.2. The molecule has 0 saturated carbocycles. The summed E-state index contributed by atoms with van der Waals surface area (Å²) in [6.07, 6.45) is 0.0590. The topological polar surface area (TPSA) is 117 Å². The van der Waals surface area contributed by atoms with E-state index in [4.69, 9.17) is 9.47 Å². The van der Waals surface area contributed by atoms with Crippen LogP contribution in [0.25, 0.3) is 0 Å². The van der Waals surface area contributed by atoms with Crippen LogP contribution in [0, 0.1) is 6.92 Å². The molecule has 4 rings (SSSR count). The van der Waals surface area contributed by atoms with Crippen molar-refractivity contribution in [2.75, 3.05) is 62.8 Å². The highest BCUT2D eigenvalue weighted by Gasteiger charge is 2.28. The Hall–Kier alpha value is -2.99. The second kappa shape index (κ2) is 12.5. The van der Waals surface area contributed by atoms with Crippen LogP contribution in [-0.4, -0.2) is 83.8 Å². The van der Waals surface area contributed by atoms with E-state index >= 15 is 0 Å². The molecular weight excluding hydrogens is 496 g/mol. The molecule has 2 aliphatic rings. The number of anilines is 2. The Kier molecular flexibility index (Phi) is 9.14. The molecule has 200 valence electrons. The molecule has 10 nitrogen and oxygen atoms in total. The predicted molar refractivity (Wildman–Crippen MR) is 140 cm³/mol. The number of nitrogens with zero attached hydrogens (tertiary/aromatic N) is 2. The van der Waals surface area contributed by atoms with Crippen molar-refractivity contribution in [3.05, 3.63) is 54.1 Å². The van der Waals surface area contributed by atoms with Crippen molar-refractivity contribution in [1.82, 2.24) is 9.62 Å². The fourth-order valence-corrected chi connectivity index (χ4v) is 5.49. The van der Waals surface area contributed by atoms with Crippen LogP contribution >= 0.6 is 0 Å². The number of nitrogens with one attached hydrogen (secondary N) is 2. The maximum atomic E-state index is 13.2. The summed E-state index contributed by atoms with van der Waals surface area (Å²) < 4.78 is 39.3. The molecule has 2 aromatic rings. The first-order chi connectivity index (χ1) is 17.8.